The standard InChI is InChI=1S/C17H16F2N2O4/c18-14-3-9(6-20)16(23)5-13(14)12-2-1-10(4-15(12)19)21-7-11(8-22)25-17(21)24/h1-5,11,22-23H,6-8,20H2/t11-/m1/s1. The molecule has 4 N–H and O–H groups in total. The molecule has 1 aliphatic heterocycles. The predicted octanol–water partition coefficient (Wildman–Crippen LogP) is 2.11. The van der Waals surface area contributed by atoms with Gasteiger partial charge >= 0.3 is 6.09 Å². The van der Waals surface area contributed by atoms with Gasteiger partial charge in [0.1, 0.15) is 23.5 Å². The van der Waals surface area contributed by atoms with Gasteiger partial charge in [0.15, 0.2) is 0 Å². The monoisotopic (exact) mass is 350 g/mol. The van der Waals surface area contributed by atoms with Crippen molar-refractivity contribution in [1.29, 1.82) is 0 Å². The largest absolute Gasteiger partial charge is 0.508 e. The molecule has 1 fully saturated rings. The maximum absolute atomic E-state index is 14.5. The Hall–Kier alpha value is -2.71. The molecule has 0 aromatic heterocycles. The highest BCUT2D eigenvalue weighted by atomic mass is 19.1. The normalized spacial score (nSPS) is 17.0. The molecule has 1 aliphatic rings. The first-order chi connectivity index (χ1) is 11.9. The Bertz CT molecular complexity index is 829. The van der Waals surface area contributed by atoms with Crippen LogP contribution in [0.15, 0.2) is 30.3 Å². The van der Waals surface area contributed by atoms with E-state index in [1.54, 1.807) is 0 Å². The van der Waals surface area contributed by atoms with Gasteiger partial charge in [-0.1, -0.05) is 0 Å². The Balaban J connectivity index is 1.96. The molecule has 1 atom stereocenters. The first-order valence-corrected chi connectivity index (χ1v) is 7.55. The number of hydrogen-bond donors (Lipinski definition) is 3. The fraction of sp³-hybridized carbons (Fsp3) is 0.235. The highest BCUT2D eigenvalue weighted by Gasteiger charge is 2.32. The van der Waals surface area contributed by atoms with Gasteiger partial charge in [0.05, 0.1) is 18.8 Å². The summed E-state index contributed by atoms with van der Waals surface area (Å²) in [6.45, 7) is -0.289. The van der Waals surface area contributed by atoms with E-state index in [1.807, 2.05) is 0 Å². The number of amides is 1. The maximum Gasteiger partial charge on any atom is 0.414 e. The van der Waals surface area contributed by atoms with E-state index in [1.165, 1.54) is 17.0 Å². The Kier molecular flexibility index (Phi) is 4.56. The van der Waals surface area contributed by atoms with E-state index >= 15 is 0 Å². The van der Waals surface area contributed by atoms with Crippen LogP contribution in [0.25, 0.3) is 11.1 Å². The molecule has 0 radical (unpaired) electrons. The predicted molar refractivity (Wildman–Crippen MR) is 86.1 cm³/mol. The smallest absolute Gasteiger partial charge is 0.414 e. The number of phenols is 1. The van der Waals surface area contributed by atoms with Crippen molar-refractivity contribution in [2.24, 2.45) is 5.73 Å². The van der Waals surface area contributed by atoms with Crippen LogP contribution in [0.2, 0.25) is 0 Å². The summed E-state index contributed by atoms with van der Waals surface area (Å²) in [6.07, 6.45) is -1.37. The molecule has 0 saturated carbocycles. The molecule has 132 valence electrons. The van der Waals surface area contributed by atoms with Crippen LogP contribution < -0.4 is 10.6 Å². The molecule has 0 spiro atoms. The zero-order chi connectivity index (χ0) is 18.1. The molecule has 8 heteroatoms. The number of rotatable bonds is 4. The Morgan fingerprint density at radius 3 is 2.52 bits per heavy atom. The lowest BCUT2D eigenvalue weighted by Crippen LogP contribution is -2.25. The van der Waals surface area contributed by atoms with Gasteiger partial charge in [-0.3, -0.25) is 4.90 Å². The summed E-state index contributed by atoms with van der Waals surface area (Å²) in [6, 6.07) is 5.99. The van der Waals surface area contributed by atoms with Crippen molar-refractivity contribution in [2.45, 2.75) is 12.6 Å². The van der Waals surface area contributed by atoms with Gasteiger partial charge in [-0.15, -0.1) is 0 Å². The fourth-order valence-corrected chi connectivity index (χ4v) is 2.69. The highest BCUT2D eigenvalue weighted by Crippen LogP contribution is 2.33. The number of carbonyl (C=O) groups excluding carboxylic acids is 1. The maximum atomic E-state index is 14.5. The number of carbonyl (C=O) groups is 1. The number of aliphatic hydroxyl groups excluding tert-OH is 1. The van der Waals surface area contributed by atoms with Gasteiger partial charge in [0, 0.05) is 23.2 Å². The minimum absolute atomic E-state index is 0.0481. The number of hydrogen-bond acceptors (Lipinski definition) is 5. The molecular formula is C17H16F2N2O4. The zero-order valence-electron chi connectivity index (χ0n) is 13.1. The van der Waals surface area contributed by atoms with Crippen LogP contribution in [0.1, 0.15) is 5.56 Å². The summed E-state index contributed by atoms with van der Waals surface area (Å²) >= 11 is 0. The number of aliphatic hydroxyl groups is 1. The summed E-state index contributed by atoms with van der Waals surface area (Å²) in [5.41, 5.74) is 5.66. The number of nitrogens with zero attached hydrogens (tertiary/aromatic N) is 1. The van der Waals surface area contributed by atoms with Crippen LogP contribution in [-0.4, -0.2) is 35.6 Å². The molecule has 1 amide bonds. The van der Waals surface area contributed by atoms with Gasteiger partial charge in [0.25, 0.3) is 0 Å². The molecule has 3 rings (SSSR count). The van der Waals surface area contributed by atoms with Gasteiger partial charge in [-0.05, 0) is 30.3 Å². The molecule has 2 aromatic rings. The Morgan fingerprint density at radius 2 is 1.92 bits per heavy atom. The molecule has 1 saturated heterocycles. The van der Waals surface area contributed by atoms with Crippen LogP contribution in [0, 0.1) is 11.6 Å². The Labute approximate surface area is 142 Å². The zero-order valence-corrected chi connectivity index (χ0v) is 13.1. The van der Waals surface area contributed by atoms with Crippen molar-refractivity contribution in [3.63, 3.8) is 0 Å². The summed E-state index contributed by atoms with van der Waals surface area (Å²) in [7, 11) is 0. The number of benzene rings is 2. The van der Waals surface area contributed by atoms with Crippen molar-refractivity contribution in [3.05, 3.63) is 47.5 Å². The van der Waals surface area contributed by atoms with Gasteiger partial charge < -0.3 is 20.7 Å². The summed E-state index contributed by atoms with van der Waals surface area (Å²) in [4.78, 5) is 12.9. The van der Waals surface area contributed by atoms with E-state index in [-0.39, 0.29) is 47.8 Å². The van der Waals surface area contributed by atoms with E-state index in [0.29, 0.717) is 0 Å². The number of anilines is 1. The van der Waals surface area contributed by atoms with Crippen LogP contribution in [0.4, 0.5) is 19.3 Å². The average molecular weight is 350 g/mol. The lowest BCUT2D eigenvalue weighted by Gasteiger charge is -2.15. The quantitative estimate of drug-likeness (QED) is 0.785. The second-order valence-corrected chi connectivity index (χ2v) is 5.63. The third kappa shape index (κ3) is 3.13. The molecule has 0 bridgehead atoms. The third-order valence-electron chi connectivity index (χ3n) is 4.02. The van der Waals surface area contributed by atoms with Crippen LogP contribution in [0.5, 0.6) is 5.75 Å². The lowest BCUT2D eigenvalue weighted by atomic mass is 10.0. The summed E-state index contributed by atoms with van der Waals surface area (Å²) in [5, 5.41) is 18.9. The first-order valence-electron chi connectivity index (χ1n) is 7.55. The van der Waals surface area contributed by atoms with Gasteiger partial charge in [-0.2, -0.15) is 0 Å². The number of cyclic esters (lactones) is 1. The molecule has 2 aromatic carbocycles. The minimum atomic E-state index is -0.767. The second-order valence-electron chi connectivity index (χ2n) is 5.63. The second kappa shape index (κ2) is 6.66. The molecular weight excluding hydrogens is 334 g/mol. The molecule has 25 heavy (non-hydrogen) atoms. The fourth-order valence-electron chi connectivity index (χ4n) is 2.69. The van der Waals surface area contributed by atoms with Crippen LogP contribution in [-0.2, 0) is 11.3 Å². The van der Waals surface area contributed by atoms with Crippen LogP contribution in [0.3, 0.4) is 0 Å². The summed E-state index contributed by atoms with van der Waals surface area (Å²) in [5.74, 6) is -1.71. The number of aromatic hydroxyl groups is 1. The van der Waals surface area contributed by atoms with Crippen molar-refractivity contribution in [2.75, 3.05) is 18.1 Å². The minimum Gasteiger partial charge on any atom is -0.508 e. The van der Waals surface area contributed by atoms with E-state index < -0.39 is 23.8 Å². The first kappa shape index (κ1) is 17.1. The van der Waals surface area contributed by atoms with E-state index in [4.69, 9.17) is 15.6 Å². The molecule has 0 unspecified atom stereocenters. The van der Waals surface area contributed by atoms with E-state index in [0.717, 1.165) is 18.2 Å². The van der Waals surface area contributed by atoms with Gasteiger partial charge in [0.2, 0.25) is 0 Å². The highest BCUT2D eigenvalue weighted by molar-refractivity contribution is 5.90. The SMILES string of the molecule is NCc1cc(F)c(-c2ccc(N3C[C@H](CO)OC3=O)cc2F)cc1O. The van der Waals surface area contributed by atoms with E-state index in [9.17, 15) is 18.7 Å². The molecule has 6 nitrogen and oxygen atoms in total. The number of ether oxygens (including phenoxy) is 1. The average Bonchev–Trinajstić information content (AvgIpc) is 2.97. The van der Waals surface area contributed by atoms with Crippen LogP contribution >= 0.6 is 0 Å². The molecule has 1 heterocycles. The van der Waals surface area contributed by atoms with Crippen molar-refractivity contribution < 1.29 is 28.5 Å². The number of phenolic OH excluding ortho intramolecular Hbond substituents is 1. The lowest BCUT2D eigenvalue weighted by molar-refractivity contribution is 0.0963. The number of nitrogens with two attached hydrogens (primary N) is 1. The third-order valence-corrected chi connectivity index (χ3v) is 4.02. The molecule has 0 aliphatic carbocycles. The van der Waals surface area contributed by atoms with Crippen molar-refractivity contribution >= 4 is 11.8 Å². The number of halogens is 2. The summed E-state index contributed by atoms with van der Waals surface area (Å²) < 4.78 is 33.6. The van der Waals surface area contributed by atoms with Crippen molar-refractivity contribution in [1.82, 2.24) is 0 Å². The van der Waals surface area contributed by atoms with Crippen molar-refractivity contribution in [3.8, 4) is 16.9 Å². The topological polar surface area (TPSA) is 96.0 Å². The van der Waals surface area contributed by atoms with Gasteiger partial charge in [-0.25, -0.2) is 13.6 Å². The van der Waals surface area contributed by atoms with E-state index in [2.05, 4.69) is 0 Å². The Morgan fingerprint density at radius 1 is 1.20 bits per heavy atom.